The molecule has 1 fully saturated rings. The highest BCUT2D eigenvalue weighted by Crippen LogP contribution is 2.24. The molecule has 2 aromatic carbocycles. The number of benzene rings is 2. The summed E-state index contributed by atoms with van der Waals surface area (Å²) >= 11 is 1.22. The van der Waals surface area contributed by atoms with Crippen molar-refractivity contribution in [2.24, 2.45) is 0 Å². The molecule has 1 saturated heterocycles. The number of thiazole rings is 1. The first-order chi connectivity index (χ1) is 16.9. The van der Waals surface area contributed by atoms with Crippen molar-refractivity contribution in [2.75, 3.05) is 35.8 Å². The van der Waals surface area contributed by atoms with Crippen molar-refractivity contribution in [3.05, 3.63) is 71.6 Å². The van der Waals surface area contributed by atoms with Crippen LogP contribution in [0.2, 0.25) is 0 Å². The molecule has 3 heterocycles. The minimum absolute atomic E-state index is 0. The molecule has 5 rings (SSSR count). The molecule has 35 heavy (non-hydrogen) atoms. The van der Waals surface area contributed by atoms with Crippen LogP contribution in [0, 0.1) is 5.82 Å². The molecule has 1 aliphatic heterocycles. The third-order valence-electron chi connectivity index (χ3n) is 6.14. The highest BCUT2D eigenvalue weighted by molar-refractivity contribution is 7.93. The summed E-state index contributed by atoms with van der Waals surface area (Å²) in [5, 5.41) is 2.58. The van der Waals surface area contributed by atoms with Crippen molar-refractivity contribution in [3.8, 4) is 0 Å². The van der Waals surface area contributed by atoms with Gasteiger partial charge in [-0.05, 0) is 48.4 Å². The fourth-order valence-corrected chi connectivity index (χ4v) is 6.09. The number of sulfonamides is 1. The highest BCUT2D eigenvalue weighted by Gasteiger charge is 2.22. The van der Waals surface area contributed by atoms with Gasteiger partial charge in [-0.2, -0.15) is 0 Å². The highest BCUT2D eigenvalue weighted by atomic mass is 32.2. The summed E-state index contributed by atoms with van der Waals surface area (Å²) in [7, 11) is -3.69. The molecule has 0 atom stereocenters. The average molecular weight is 518 g/mol. The molecule has 8 nitrogen and oxygen atoms in total. The molecule has 0 saturated carbocycles. The molecule has 0 radical (unpaired) electrons. The van der Waals surface area contributed by atoms with E-state index in [2.05, 4.69) is 19.6 Å². The largest absolute Gasteiger partial charge is 0.368 e. The summed E-state index contributed by atoms with van der Waals surface area (Å²) in [5.41, 5.74) is 2.45. The first kappa shape index (κ1) is 23.3. The molecule has 0 unspecified atom stereocenters. The van der Waals surface area contributed by atoms with Crippen molar-refractivity contribution in [2.45, 2.75) is 17.7 Å². The van der Waals surface area contributed by atoms with E-state index in [9.17, 15) is 17.6 Å². The maximum atomic E-state index is 14.2. The fraction of sp³-hybridized carbons (Fsp3) is 0.250. The lowest BCUT2D eigenvalue weighted by molar-refractivity contribution is -0.131. The molecule has 0 bridgehead atoms. The van der Waals surface area contributed by atoms with E-state index < -0.39 is 10.0 Å². The van der Waals surface area contributed by atoms with Crippen molar-refractivity contribution in [1.82, 2.24) is 14.9 Å². The van der Waals surface area contributed by atoms with E-state index in [1.165, 1.54) is 23.6 Å². The Morgan fingerprint density at radius 3 is 2.63 bits per heavy atom. The topological polar surface area (TPSA) is 98.4 Å². The number of hydrogen-bond acceptors (Lipinski definition) is 6. The molecular formula is C24H28FN5O3S2. The van der Waals surface area contributed by atoms with E-state index in [4.69, 9.17) is 0 Å². The number of aromatic nitrogens is 2. The van der Waals surface area contributed by atoms with E-state index in [1.807, 2.05) is 11.0 Å². The van der Waals surface area contributed by atoms with Crippen molar-refractivity contribution >= 4 is 49.0 Å². The molecule has 0 spiro atoms. The van der Waals surface area contributed by atoms with Crippen LogP contribution in [0.5, 0.6) is 0 Å². The molecule has 186 valence electrons. The zero-order chi connectivity index (χ0) is 24.4. The van der Waals surface area contributed by atoms with Gasteiger partial charge in [0.2, 0.25) is 5.91 Å². The Hall–Kier alpha value is -3.44. The predicted octanol–water partition coefficient (Wildman–Crippen LogP) is 4.34. The summed E-state index contributed by atoms with van der Waals surface area (Å²) in [6.07, 6.45) is 4.11. The first-order valence-electron chi connectivity index (χ1n) is 11.2. The van der Waals surface area contributed by atoms with Gasteiger partial charge in [-0.1, -0.05) is 6.07 Å². The number of halogens is 1. The van der Waals surface area contributed by atoms with Crippen molar-refractivity contribution in [1.29, 1.82) is 0 Å². The number of rotatable bonds is 7. The molecule has 11 heteroatoms. The van der Waals surface area contributed by atoms with E-state index in [0.717, 1.165) is 16.8 Å². The average Bonchev–Trinajstić information content (AvgIpc) is 3.53. The second kappa shape index (κ2) is 9.67. The van der Waals surface area contributed by atoms with Gasteiger partial charge in [0.1, 0.15) is 5.82 Å². The van der Waals surface area contributed by atoms with Crippen LogP contribution < -0.4 is 9.62 Å². The van der Waals surface area contributed by atoms with Gasteiger partial charge >= 0.3 is 0 Å². The Morgan fingerprint density at radius 1 is 1.14 bits per heavy atom. The van der Waals surface area contributed by atoms with E-state index in [1.54, 1.807) is 41.9 Å². The van der Waals surface area contributed by atoms with Crippen LogP contribution in [0.3, 0.4) is 0 Å². The number of nitrogens with one attached hydrogen (secondary N) is 2. The van der Waals surface area contributed by atoms with Gasteiger partial charge in [0.25, 0.3) is 10.0 Å². The van der Waals surface area contributed by atoms with Gasteiger partial charge in [-0.3, -0.25) is 9.52 Å². The van der Waals surface area contributed by atoms with Gasteiger partial charge in [0, 0.05) is 69.8 Å². The standard InChI is InChI=1S/C24H24FN5O3S2.2H2/c25-20-2-1-3-21-23(20)17(16-27-21)4-9-22(31)30-13-11-29(12-14-30)18-5-7-19(8-6-18)35(32,33)28-24-26-10-15-34-24;;/h1-3,5-8,10,15-16,27H,4,9,11-14H2,(H,26,28);2*1H. The zero-order valence-corrected chi connectivity index (χ0v) is 20.4. The number of hydrogen-bond donors (Lipinski definition) is 2. The van der Waals surface area contributed by atoms with Gasteiger partial charge in [0.15, 0.2) is 5.13 Å². The van der Waals surface area contributed by atoms with Gasteiger partial charge in [-0.25, -0.2) is 17.8 Å². The summed E-state index contributed by atoms with van der Waals surface area (Å²) < 4.78 is 41.7. The van der Waals surface area contributed by atoms with Gasteiger partial charge < -0.3 is 14.8 Å². The number of aryl methyl sites for hydroxylation is 1. The Bertz CT molecular complexity index is 1440. The number of aromatic amines is 1. The normalized spacial score (nSPS) is 14.4. The minimum Gasteiger partial charge on any atom is -0.368 e. The molecular weight excluding hydrogens is 489 g/mol. The molecule has 1 amide bonds. The van der Waals surface area contributed by atoms with Gasteiger partial charge in [-0.15, -0.1) is 11.3 Å². The predicted molar refractivity (Wildman–Crippen MR) is 139 cm³/mol. The summed E-state index contributed by atoms with van der Waals surface area (Å²) in [6.45, 7) is 2.45. The third kappa shape index (κ3) is 5.01. The lowest BCUT2D eigenvalue weighted by atomic mass is 10.1. The quantitative estimate of drug-likeness (QED) is 0.380. The van der Waals surface area contributed by atoms with Crippen molar-refractivity contribution < 1.29 is 20.5 Å². The van der Waals surface area contributed by atoms with Crippen LogP contribution in [-0.2, 0) is 21.2 Å². The Kier molecular flexibility index (Phi) is 6.44. The van der Waals surface area contributed by atoms with Crippen molar-refractivity contribution in [3.63, 3.8) is 0 Å². The second-order valence-electron chi connectivity index (χ2n) is 8.28. The Balaban J connectivity index is 0.00000190. The number of amides is 1. The second-order valence-corrected chi connectivity index (χ2v) is 10.9. The third-order valence-corrected chi connectivity index (χ3v) is 8.32. The number of carbonyl (C=O) groups is 1. The molecule has 1 aliphatic rings. The first-order valence-corrected chi connectivity index (χ1v) is 13.6. The summed E-state index contributed by atoms with van der Waals surface area (Å²) in [6, 6.07) is 11.6. The molecule has 4 aromatic rings. The van der Waals surface area contributed by atoms with E-state index >= 15 is 0 Å². The Labute approximate surface area is 209 Å². The maximum Gasteiger partial charge on any atom is 0.263 e. The van der Waals surface area contributed by atoms with E-state index in [0.29, 0.717) is 49.5 Å². The fourth-order valence-electron chi connectivity index (χ4n) is 4.30. The number of H-pyrrole nitrogens is 1. The van der Waals surface area contributed by atoms with Gasteiger partial charge in [0.05, 0.1) is 4.90 Å². The SMILES string of the molecule is O=C(CCc1c[nH]c2cccc(F)c12)N1CCN(c2ccc(S(=O)(=O)Nc3nccs3)cc2)CC1.[HH].[HH]. The van der Waals surface area contributed by atoms with Crippen LogP contribution in [0.4, 0.5) is 15.2 Å². The smallest absolute Gasteiger partial charge is 0.263 e. The van der Waals surface area contributed by atoms with Crippen LogP contribution in [0.15, 0.2) is 65.1 Å². The van der Waals surface area contributed by atoms with Crippen LogP contribution >= 0.6 is 11.3 Å². The Morgan fingerprint density at radius 2 is 1.91 bits per heavy atom. The monoisotopic (exact) mass is 517 g/mol. The zero-order valence-electron chi connectivity index (χ0n) is 18.8. The van der Waals surface area contributed by atoms with Crippen LogP contribution in [-0.4, -0.2) is 55.4 Å². The summed E-state index contributed by atoms with van der Waals surface area (Å²) in [5.74, 6) is -0.234. The number of nitrogens with zero attached hydrogens (tertiary/aromatic N) is 3. The minimum atomic E-state index is -3.69. The van der Waals surface area contributed by atoms with Crippen LogP contribution in [0.1, 0.15) is 14.8 Å². The number of anilines is 2. The maximum absolute atomic E-state index is 14.2. The number of piperazine rings is 1. The lowest BCUT2D eigenvalue weighted by Gasteiger charge is -2.36. The lowest BCUT2D eigenvalue weighted by Crippen LogP contribution is -2.48. The molecule has 2 N–H and O–H groups in total. The number of fused-ring (bicyclic) bond motifs is 1. The van der Waals surface area contributed by atoms with Crippen LogP contribution in [0.25, 0.3) is 10.9 Å². The molecule has 2 aromatic heterocycles. The molecule has 0 aliphatic carbocycles. The van der Waals surface area contributed by atoms with E-state index in [-0.39, 0.29) is 19.5 Å². The number of carbonyl (C=O) groups excluding carboxylic acids is 1. The summed E-state index contributed by atoms with van der Waals surface area (Å²) in [4.78, 5) is 23.9.